The van der Waals surface area contributed by atoms with E-state index in [1.807, 2.05) is 6.07 Å². The summed E-state index contributed by atoms with van der Waals surface area (Å²) in [4.78, 5) is 0. The zero-order valence-electron chi connectivity index (χ0n) is 10.9. The zero-order chi connectivity index (χ0) is 12.9. The molecule has 19 heavy (non-hydrogen) atoms. The molecule has 1 saturated heterocycles. The highest BCUT2D eigenvalue weighted by Crippen LogP contribution is 2.19. The minimum Gasteiger partial charge on any atom is -0.310 e. The SMILES string of the molecule is c1cc(-c2ccc(CNC3CCSCC3)cc2)[nH]n1. The summed E-state index contributed by atoms with van der Waals surface area (Å²) in [5, 5.41) is 10.6. The molecule has 1 aliphatic rings. The molecule has 1 aromatic heterocycles. The smallest absolute Gasteiger partial charge is 0.0650 e. The van der Waals surface area contributed by atoms with Crippen LogP contribution in [0.3, 0.4) is 0 Å². The first-order valence-corrected chi connectivity index (χ1v) is 7.97. The number of rotatable bonds is 4. The summed E-state index contributed by atoms with van der Waals surface area (Å²) in [7, 11) is 0. The molecule has 0 aliphatic carbocycles. The van der Waals surface area contributed by atoms with Gasteiger partial charge < -0.3 is 5.32 Å². The molecular weight excluding hydrogens is 254 g/mol. The lowest BCUT2D eigenvalue weighted by Gasteiger charge is -2.22. The van der Waals surface area contributed by atoms with Crippen LogP contribution in [-0.2, 0) is 6.54 Å². The van der Waals surface area contributed by atoms with E-state index in [1.54, 1.807) is 6.20 Å². The quantitative estimate of drug-likeness (QED) is 0.899. The van der Waals surface area contributed by atoms with E-state index in [0.717, 1.165) is 12.2 Å². The fraction of sp³-hybridized carbons (Fsp3) is 0.400. The zero-order valence-corrected chi connectivity index (χ0v) is 11.7. The minimum atomic E-state index is 0.702. The second kappa shape index (κ2) is 6.26. The van der Waals surface area contributed by atoms with Gasteiger partial charge in [-0.3, -0.25) is 5.10 Å². The molecule has 0 atom stereocenters. The molecular formula is C15H19N3S. The first-order valence-electron chi connectivity index (χ1n) is 6.81. The lowest BCUT2D eigenvalue weighted by Crippen LogP contribution is -2.31. The summed E-state index contributed by atoms with van der Waals surface area (Å²) in [6.07, 6.45) is 4.39. The van der Waals surface area contributed by atoms with Crippen LogP contribution >= 0.6 is 11.8 Å². The highest BCUT2D eigenvalue weighted by molar-refractivity contribution is 7.99. The van der Waals surface area contributed by atoms with Gasteiger partial charge in [-0.2, -0.15) is 16.9 Å². The molecule has 2 heterocycles. The first kappa shape index (κ1) is 12.8. The molecule has 2 N–H and O–H groups in total. The Kier molecular flexibility index (Phi) is 4.20. The van der Waals surface area contributed by atoms with Gasteiger partial charge in [0.1, 0.15) is 0 Å². The molecule has 100 valence electrons. The summed E-state index contributed by atoms with van der Waals surface area (Å²) >= 11 is 2.07. The number of nitrogens with zero attached hydrogens (tertiary/aromatic N) is 1. The highest BCUT2D eigenvalue weighted by Gasteiger charge is 2.12. The molecule has 2 aromatic rings. The van der Waals surface area contributed by atoms with Crippen molar-refractivity contribution in [2.24, 2.45) is 0 Å². The Bertz CT molecular complexity index is 487. The lowest BCUT2D eigenvalue weighted by molar-refractivity contribution is 0.482. The van der Waals surface area contributed by atoms with Crippen LogP contribution in [0.2, 0.25) is 0 Å². The fourth-order valence-electron chi connectivity index (χ4n) is 2.38. The first-order chi connectivity index (χ1) is 9.42. The molecule has 1 aliphatic heterocycles. The largest absolute Gasteiger partial charge is 0.310 e. The van der Waals surface area contributed by atoms with Gasteiger partial charge >= 0.3 is 0 Å². The van der Waals surface area contributed by atoms with Gasteiger partial charge in [-0.25, -0.2) is 0 Å². The van der Waals surface area contributed by atoms with E-state index in [4.69, 9.17) is 0 Å². The van der Waals surface area contributed by atoms with Crippen LogP contribution in [0.1, 0.15) is 18.4 Å². The second-order valence-corrected chi connectivity index (χ2v) is 6.16. The number of benzene rings is 1. The number of aromatic nitrogens is 2. The van der Waals surface area contributed by atoms with Gasteiger partial charge in [0.15, 0.2) is 0 Å². The Labute approximate surface area is 118 Å². The molecule has 3 rings (SSSR count). The van der Waals surface area contributed by atoms with Crippen molar-refractivity contribution in [1.29, 1.82) is 0 Å². The van der Waals surface area contributed by atoms with Gasteiger partial charge in [0.05, 0.1) is 5.69 Å². The average Bonchev–Trinajstić information content (AvgIpc) is 3.01. The summed E-state index contributed by atoms with van der Waals surface area (Å²) in [6.45, 7) is 0.971. The van der Waals surface area contributed by atoms with Crippen molar-refractivity contribution in [3.63, 3.8) is 0 Å². The number of aromatic amines is 1. The monoisotopic (exact) mass is 273 g/mol. The Morgan fingerprint density at radius 3 is 2.63 bits per heavy atom. The van der Waals surface area contributed by atoms with E-state index < -0.39 is 0 Å². The third-order valence-electron chi connectivity index (χ3n) is 3.58. The van der Waals surface area contributed by atoms with Crippen LogP contribution in [0.25, 0.3) is 11.3 Å². The van der Waals surface area contributed by atoms with E-state index in [-0.39, 0.29) is 0 Å². The summed E-state index contributed by atoms with van der Waals surface area (Å²) in [5.41, 5.74) is 3.61. The lowest BCUT2D eigenvalue weighted by atomic mass is 10.1. The van der Waals surface area contributed by atoms with Gasteiger partial charge in [-0.1, -0.05) is 24.3 Å². The average molecular weight is 273 g/mol. The number of H-pyrrole nitrogens is 1. The maximum Gasteiger partial charge on any atom is 0.0650 e. The van der Waals surface area contributed by atoms with E-state index in [1.165, 1.54) is 35.5 Å². The molecule has 0 bridgehead atoms. The minimum absolute atomic E-state index is 0.702. The third kappa shape index (κ3) is 3.39. The Morgan fingerprint density at radius 2 is 1.95 bits per heavy atom. The number of thioether (sulfide) groups is 1. The van der Waals surface area contributed by atoms with Crippen molar-refractivity contribution in [1.82, 2.24) is 15.5 Å². The summed E-state index contributed by atoms with van der Waals surface area (Å²) < 4.78 is 0. The number of hydrogen-bond donors (Lipinski definition) is 2. The van der Waals surface area contributed by atoms with E-state index >= 15 is 0 Å². The van der Waals surface area contributed by atoms with Crippen molar-refractivity contribution >= 4 is 11.8 Å². The maximum absolute atomic E-state index is 3.98. The van der Waals surface area contributed by atoms with Gasteiger partial charge in [0.2, 0.25) is 0 Å². The van der Waals surface area contributed by atoms with Gasteiger partial charge in [0.25, 0.3) is 0 Å². The van der Waals surface area contributed by atoms with Crippen molar-refractivity contribution < 1.29 is 0 Å². The molecule has 0 saturated carbocycles. The second-order valence-electron chi connectivity index (χ2n) is 4.93. The summed E-state index contributed by atoms with van der Waals surface area (Å²) in [5.74, 6) is 2.60. The Balaban J connectivity index is 1.57. The van der Waals surface area contributed by atoms with Crippen molar-refractivity contribution in [2.75, 3.05) is 11.5 Å². The van der Waals surface area contributed by atoms with Crippen LogP contribution in [0, 0.1) is 0 Å². The molecule has 1 aromatic carbocycles. The van der Waals surface area contributed by atoms with E-state index in [9.17, 15) is 0 Å². The fourth-order valence-corrected chi connectivity index (χ4v) is 3.49. The third-order valence-corrected chi connectivity index (χ3v) is 4.63. The molecule has 0 unspecified atom stereocenters. The molecule has 3 nitrogen and oxygen atoms in total. The normalized spacial score (nSPS) is 16.6. The van der Waals surface area contributed by atoms with Crippen LogP contribution in [0.5, 0.6) is 0 Å². The van der Waals surface area contributed by atoms with E-state index in [0.29, 0.717) is 6.04 Å². The van der Waals surface area contributed by atoms with Gasteiger partial charge in [-0.15, -0.1) is 0 Å². The molecule has 0 amide bonds. The Morgan fingerprint density at radius 1 is 1.16 bits per heavy atom. The molecule has 4 heteroatoms. The van der Waals surface area contributed by atoms with Gasteiger partial charge in [0, 0.05) is 18.8 Å². The van der Waals surface area contributed by atoms with Crippen LogP contribution in [-0.4, -0.2) is 27.7 Å². The van der Waals surface area contributed by atoms with Gasteiger partial charge in [-0.05, 0) is 41.5 Å². The Hall–Kier alpha value is -1.26. The van der Waals surface area contributed by atoms with Crippen molar-refractivity contribution in [2.45, 2.75) is 25.4 Å². The number of hydrogen-bond acceptors (Lipinski definition) is 3. The maximum atomic E-state index is 3.98. The standard InChI is InChI=1S/C15H19N3S/c1-3-13(15-5-8-17-18-15)4-2-12(1)11-16-14-6-9-19-10-7-14/h1-5,8,14,16H,6-7,9-11H2,(H,17,18). The number of nitrogens with one attached hydrogen (secondary N) is 2. The molecule has 0 radical (unpaired) electrons. The molecule has 1 fully saturated rings. The van der Waals surface area contributed by atoms with Crippen LogP contribution in [0.15, 0.2) is 36.5 Å². The summed E-state index contributed by atoms with van der Waals surface area (Å²) in [6, 6.07) is 11.4. The van der Waals surface area contributed by atoms with Crippen molar-refractivity contribution in [3.05, 3.63) is 42.1 Å². The predicted octanol–water partition coefficient (Wildman–Crippen LogP) is 3.06. The predicted molar refractivity (Wildman–Crippen MR) is 81.2 cm³/mol. The van der Waals surface area contributed by atoms with Crippen LogP contribution in [0.4, 0.5) is 0 Å². The van der Waals surface area contributed by atoms with E-state index in [2.05, 4.69) is 51.5 Å². The van der Waals surface area contributed by atoms with Crippen LogP contribution < -0.4 is 5.32 Å². The topological polar surface area (TPSA) is 40.7 Å². The van der Waals surface area contributed by atoms with Crippen molar-refractivity contribution in [3.8, 4) is 11.3 Å². The molecule has 0 spiro atoms. The highest BCUT2D eigenvalue weighted by atomic mass is 32.2.